The van der Waals surface area contributed by atoms with Crippen molar-refractivity contribution in [3.8, 4) is 0 Å². The van der Waals surface area contributed by atoms with Gasteiger partial charge in [0.25, 0.3) is 0 Å². The van der Waals surface area contributed by atoms with Gasteiger partial charge in [0.1, 0.15) is 0 Å². The summed E-state index contributed by atoms with van der Waals surface area (Å²) in [6.07, 6.45) is -0.954. The summed E-state index contributed by atoms with van der Waals surface area (Å²) in [5.41, 5.74) is 1.67. The van der Waals surface area contributed by atoms with E-state index >= 15 is 0 Å². The Morgan fingerprint density at radius 1 is 1.38 bits per heavy atom. The second-order valence-corrected chi connectivity index (χ2v) is 6.66. The second-order valence-electron chi connectivity index (χ2n) is 4.02. The molecule has 4 heteroatoms. The van der Waals surface area contributed by atoms with Crippen molar-refractivity contribution in [3.63, 3.8) is 0 Å². The average Bonchev–Trinajstić information content (AvgIpc) is 2.27. The molecule has 90 valence electrons. The molecule has 1 aromatic rings. The van der Waals surface area contributed by atoms with Gasteiger partial charge < -0.3 is 5.11 Å². The lowest BCUT2D eigenvalue weighted by molar-refractivity contribution is 0.176. The highest BCUT2D eigenvalue weighted by atomic mass is 32.2. The fourth-order valence-corrected chi connectivity index (χ4v) is 2.66. The molecule has 0 saturated carbocycles. The van der Waals surface area contributed by atoms with Crippen molar-refractivity contribution < 1.29 is 13.5 Å². The molecular formula is C12H18O3S. The second kappa shape index (κ2) is 4.97. The Bertz CT molecular complexity index is 451. The van der Waals surface area contributed by atoms with Crippen LogP contribution in [0.3, 0.4) is 0 Å². The van der Waals surface area contributed by atoms with Crippen LogP contribution in [0, 0.1) is 6.92 Å². The highest BCUT2D eigenvalue weighted by Gasteiger charge is 2.27. The summed E-state index contributed by atoms with van der Waals surface area (Å²) >= 11 is 0. The number of hydrogen-bond donors (Lipinski definition) is 1. The smallest absolute Gasteiger partial charge is 0.155 e. The number of aliphatic hydroxyl groups excluding tert-OH is 1. The van der Waals surface area contributed by atoms with Gasteiger partial charge in [-0.25, -0.2) is 8.42 Å². The maximum absolute atomic E-state index is 11.6. The first-order valence-corrected chi connectivity index (χ1v) is 7.06. The highest BCUT2D eigenvalue weighted by molar-refractivity contribution is 7.92. The van der Waals surface area contributed by atoms with Crippen LogP contribution >= 0.6 is 0 Å². The monoisotopic (exact) mass is 242 g/mol. The highest BCUT2D eigenvalue weighted by Crippen LogP contribution is 2.23. The standard InChI is InChI=1S/C12H18O3S/c1-4-16(14,15)10(3)12(13)11-7-5-6-9(2)8-11/h5-8,10,12-13H,4H2,1-3H3/t10-,12+/m1/s1. The topological polar surface area (TPSA) is 54.4 Å². The van der Waals surface area contributed by atoms with Crippen LogP contribution in [0.5, 0.6) is 0 Å². The molecule has 2 atom stereocenters. The van der Waals surface area contributed by atoms with Crippen LogP contribution < -0.4 is 0 Å². The number of aryl methyl sites for hydroxylation is 1. The number of aliphatic hydroxyl groups is 1. The molecule has 0 unspecified atom stereocenters. The van der Waals surface area contributed by atoms with Gasteiger partial charge in [0.2, 0.25) is 0 Å². The Labute approximate surface area is 97.0 Å². The maximum Gasteiger partial charge on any atom is 0.155 e. The van der Waals surface area contributed by atoms with Gasteiger partial charge in [-0.1, -0.05) is 36.8 Å². The van der Waals surface area contributed by atoms with E-state index in [0.29, 0.717) is 5.56 Å². The molecule has 0 amide bonds. The lowest BCUT2D eigenvalue weighted by Gasteiger charge is -2.19. The van der Waals surface area contributed by atoms with Crippen molar-refractivity contribution in [1.29, 1.82) is 0 Å². The lowest BCUT2D eigenvalue weighted by atomic mass is 10.0. The number of sulfone groups is 1. The summed E-state index contributed by atoms with van der Waals surface area (Å²) in [5, 5.41) is 9.24. The normalized spacial score (nSPS) is 15.8. The molecular weight excluding hydrogens is 224 g/mol. The molecule has 1 N–H and O–H groups in total. The Hall–Kier alpha value is -0.870. The summed E-state index contributed by atoms with van der Waals surface area (Å²) in [5.74, 6) is 0.0526. The number of rotatable bonds is 4. The average molecular weight is 242 g/mol. The summed E-state index contributed by atoms with van der Waals surface area (Å²) in [6, 6.07) is 7.29. The van der Waals surface area contributed by atoms with E-state index in [0.717, 1.165) is 5.56 Å². The van der Waals surface area contributed by atoms with Crippen LogP contribution in [-0.4, -0.2) is 24.5 Å². The SMILES string of the molecule is CCS(=O)(=O)[C@H](C)[C@H](O)c1cccc(C)c1. The minimum Gasteiger partial charge on any atom is -0.387 e. The van der Waals surface area contributed by atoms with E-state index in [-0.39, 0.29) is 5.75 Å². The molecule has 3 nitrogen and oxygen atoms in total. The van der Waals surface area contributed by atoms with Gasteiger partial charge >= 0.3 is 0 Å². The number of hydrogen-bond acceptors (Lipinski definition) is 3. The van der Waals surface area contributed by atoms with E-state index in [1.807, 2.05) is 25.1 Å². The minimum absolute atomic E-state index is 0.0526. The summed E-state index contributed by atoms with van der Waals surface area (Å²) < 4.78 is 23.3. The molecule has 0 bridgehead atoms. The minimum atomic E-state index is -3.21. The Kier molecular flexibility index (Phi) is 4.10. The van der Waals surface area contributed by atoms with E-state index in [1.165, 1.54) is 0 Å². The van der Waals surface area contributed by atoms with Crippen molar-refractivity contribution in [2.75, 3.05) is 5.75 Å². The van der Waals surface area contributed by atoms with Gasteiger partial charge in [-0.15, -0.1) is 0 Å². The predicted octanol–water partition coefficient (Wildman–Crippen LogP) is 1.85. The van der Waals surface area contributed by atoms with Gasteiger partial charge in [-0.05, 0) is 19.4 Å². The van der Waals surface area contributed by atoms with Crippen molar-refractivity contribution in [3.05, 3.63) is 35.4 Å². The van der Waals surface area contributed by atoms with Crippen LogP contribution in [0.15, 0.2) is 24.3 Å². The van der Waals surface area contributed by atoms with Crippen LogP contribution in [0.2, 0.25) is 0 Å². The molecule has 0 radical (unpaired) electrons. The van der Waals surface area contributed by atoms with Crippen molar-refractivity contribution in [1.82, 2.24) is 0 Å². The quantitative estimate of drug-likeness (QED) is 0.876. The molecule has 0 heterocycles. The third-order valence-electron chi connectivity index (χ3n) is 2.80. The van der Waals surface area contributed by atoms with Gasteiger partial charge in [0.15, 0.2) is 9.84 Å². The van der Waals surface area contributed by atoms with E-state index < -0.39 is 21.2 Å². The molecule has 16 heavy (non-hydrogen) atoms. The fourth-order valence-electron chi connectivity index (χ4n) is 1.58. The zero-order valence-electron chi connectivity index (χ0n) is 9.84. The summed E-state index contributed by atoms with van der Waals surface area (Å²) in [4.78, 5) is 0. The van der Waals surface area contributed by atoms with Crippen LogP contribution in [-0.2, 0) is 9.84 Å². The molecule has 0 aliphatic carbocycles. The van der Waals surface area contributed by atoms with Gasteiger partial charge in [-0.2, -0.15) is 0 Å². The zero-order valence-corrected chi connectivity index (χ0v) is 10.7. The van der Waals surface area contributed by atoms with Crippen LogP contribution in [0.4, 0.5) is 0 Å². The molecule has 0 aromatic heterocycles. The summed E-state index contributed by atoms with van der Waals surface area (Å²) in [7, 11) is -3.21. The Morgan fingerprint density at radius 3 is 2.50 bits per heavy atom. The zero-order chi connectivity index (χ0) is 12.3. The molecule has 0 fully saturated rings. The molecule has 0 aliphatic rings. The first-order valence-electron chi connectivity index (χ1n) is 5.34. The third kappa shape index (κ3) is 2.83. The molecule has 0 saturated heterocycles. The van der Waals surface area contributed by atoms with E-state index in [1.54, 1.807) is 19.9 Å². The molecule has 0 spiro atoms. The first-order chi connectivity index (χ1) is 7.38. The van der Waals surface area contributed by atoms with E-state index in [2.05, 4.69) is 0 Å². The van der Waals surface area contributed by atoms with Crippen LogP contribution in [0.25, 0.3) is 0 Å². The third-order valence-corrected chi connectivity index (χ3v) is 4.99. The number of benzene rings is 1. The first kappa shape index (κ1) is 13.2. The molecule has 1 rings (SSSR count). The van der Waals surface area contributed by atoms with Crippen LogP contribution in [0.1, 0.15) is 31.1 Å². The van der Waals surface area contributed by atoms with Crippen molar-refractivity contribution >= 4 is 9.84 Å². The largest absolute Gasteiger partial charge is 0.387 e. The van der Waals surface area contributed by atoms with Gasteiger partial charge in [-0.3, -0.25) is 0 Å². The van der Waals surface area contributed by atoms with E-state index in [4.69, 9.17) is 0 Å². The molecule has 0 aliphatic heterocycles. The van der Waals surface area contributed by atoms with Gasteiger partial charge in [0.05, 0.1) is 11.4 Å². The van der Waals surface area contributed by atoms with E-state index in [9.17, 15) is 13.5 Å². The van der Waals surface area contributed by atoms with Crippen molar-refractivity contribution in [2.24, 2.45) is 0 Å². The lowest BCUT2D eigenvalue weighted by Crippen LogP contribution is -2.26. The van der Waals surface area contributed by atoms with Crippen molar-refractivity contribution in [2.45, 2.75) is 32.1 Å². The Morgan fingerprint density at radius 2 is 2.00 bits per heavy atom. The van der Waals surface area contributed by atoms with Gasteiger partial charge in [0, 0.05) is 5.75 Å². The maximum atomic E-state index is 11.6. The Balaban J connectivity index is 2.99. The predicted molar refractivity (Wildman–Crippen MR) is 65.1 cm³/mol. The fraction of sp³-hybridized carbons (Fsp3) is 0.500. The summed E-state index contributed by atoms with van der Waals surface area (Å²) in [6.45, 7) is 5.05. The molecule has 1 aromatic carbocycles.